The number of hydrogen-bond acceptors (Lipinski definition) is 4. The first-order chi connectivity index (χ1) is 7.81. The van der Waals surface area contributed by atoms with Gasteiger partial charge in [0.05, 0.1) is 5.25 Å². The van der Waals surface area contributed by atoms with Crippen molar-refractivity contribution < 1.29 is 8.42 Å². The van der Waals surface area contributed by atoms with E-state index in [2.05, 4.69) is 10.0 Å². The second kappa shape index (κ2) is 6.13. The van der Waals surface area contributed by atoms with Crippen molar-refractivity contribution in [3.8, 4) is 0 Å². The zero-order chi connectivity index (χ0) is 13.1. The van der Waals surface area contributed by atoms with E-state index in [0.717, 1.165) is 0 Å². The number of hydrogen-bond donors (Lipinski definition) is 2. The maximum absolute atomic E-state index is 12.0. The predicted octanol–water partition coefficient (Wildman–Crippen LogP) is -0.00360. The van der Waals surface area contributed by atoms with Crippen LogP contribution in [0.25, 0.3) is 0 Å². The van der Waals surface area contributed by atoms with Gasteiger partial charge in [-0.25, -0.2) is 13.1 Å². The Morgan fingerprint density at radius 2 is 1.88 bits per heavy atom. The number of nitrogens with zero attached hydrogens (tertiary/aromatic N) is 1. The fraction of sp³-hybridized carbons (Fsp3) is 1.00. The smallest absolute Gasteiger partial charge is 0.215 e. The lowest BCUT2D eigenvalue weighted by atomic mass is 10.3. The molecule has 5 nitrogen and oxygen atoms in total. The van der Waals surface area contributed by atoms with Crippen LogP contribution in [0.2, 0.25) is 0 Å². The second-order valence-electron chi connectivity index (χ2n) is 5.32. The first-order valence-electron chi connectivity index (χ1n) is 6.20. The number of sulfonamides is 1. The monoisotopic (exact) mass is 263 g/mol. The Balaban J connectivity index is 2.36. The average Bonchev–Trinajstić information content (AvgIpc) is 2.94. The van der Waals surface area contributed by atoms with Crippen LogP contribution < -0.4 is 10.0 Å². The molecule has 0 aromatic heterocycles. The Labute approximate surface area is 105 Å². The van der Waals surface area contributed by atoms with Gasteiger partial charge in [-0.2, -0.15) is 0 Å². The minimum absolute atomic E-state index is 0.0571. The second-order valence-corrected chi connectivity index (χ2v) is 7.45. The lowest BCUT2D eigenvalue weighted by Crippen LogP contribution is -2.46. The van der Waals surface area contributed by atoms with Gasteiger partial charge in [-0.3, -0.25) is 0 Å². The van der Waals surface area contributed by atoms with Crippen molar-refractivity contribution in [2.24, 2.45) is 0 Å². The molecule has 1 rings (SSSR count). The van der Waals surface area contributed by atoms with Crippen molar-refractivity contribution >= 4 is 10.0 Å². The van der Waals surface area contributed by atoms with Gasteiger partial charge in [-0.05, 0) is 40.8 Å². The van der Waals surface area contributed by atoms with Crippen molar-refractivity contribution in [1.29, 1.82) is 0 Å². The third-order valence-electron chi connectivity index (χ3n) is 2.81. The summed E-state index contributed by atoms with van der Waals surface area (Å²) in [5.74, 6) is 0. The topological polar surface area (TPSA) is 61.4 Å². The summed E-state index contributed by atoms with van der Waals surface area (Å²) < 4.78 is 26.7. The van der Waals surface area contributed by atoms with Gasteiger partial charge in [0.15, 0.2) is 0 Å². The molecule has 0 amide bonds. The maximum atomic E-state index is 12.0. The lowest BCUT2D eigenvalue weighted by molar-refractivity contribution is 0.369. The molecule has 1 saturated carbocycles. The van der Waals surface area contributed by atoms with Crippen molar-refractivity contribution in [2.75, 3.05) is 27.2 Å². The standard InChI is InChI=1S/C11H25N3O2S/c1-9(8-14(3)4)13-17(15,16)10(2)7-12-11-5-6-11/h9-13H,5-8H2,1-4H3. The van der Waals surface area contributed by atoms with Crippen LogP contribution in [0.3, 0.4) is 0 Å². The molecule has 0 saturated heterocycles. The van der Waals surface area contributed by atoms with E-state index in [1.807, 2.05) is 25.9 Å². The van der Waals surface area contributed by atoms with Crippen LogP contribution in [-0.4, -0.2) is 57.8 Å². The molecule has 0 radical (unpaired) electrons. The molecule has 1 fully saturated rings. The van der Waals surface area contributed by atoms with Crippen LogP contribution in [0.15, 0.2) is 0 Å². The molecule has 0 aliphatic heterocycles. The number of likely N-dealkylation sites (N-methyl/N-ethyl adjacent to an activating group) is 1. The largest absolute Gasteiger partial charge is 0.313 e. The van der Waals surface area contributed by atoms with Gasteiger partial charge in [-0.15, -0.1) is 0 Å². The Morgan fingerprint density at radius 3 is 2.35 bits per heavy atom. The molecule has 6 heteroatoms. The van der Waals surface area contributed by atoms with E-state index in [1.165, 1.54) is 12.8 Å². The van der Waals surface area contributed by atoms with Crippen molar-refractivity contribution in [2.45, 2.75) is 44.0 Å². The molecule has 2 atom stereocenters. The Morgan fingerprint density at radius 1 is 1.29 bits per heavy atom. The van der Waals surface area contributed by atoms with E-state index >= 15 is 0 Å². The lowest BCUT2D eigenvalue weighted by Gasteiger charge is -2.21. The van der Waals surface area contributed by atoms with Crippen LogP contribution in [0, 0.1) is 0 Å². The highest BCUT2D eigenvalue weighted by atomic mass is 32.2. The molecule has 0 aromatic carbocycles. The van der Waals surface area contributed by atoms with E-state index in [1.54, 1.807) is 6.92 Å². The van der Waals surface area contributed by atoms with Crippen molar-refractivity contribution in [3.05, 3.63) is 0 Å². The first-order valence-corrected chi connectivity index (χ1v) is 7.75. The first kappa shape index (κ1) is 14.9. The SMILES string of the molecule is CC(CN(C)C)NS(=O)(=O)C(C)CNC1CC1. The molecular formula is C11H25N3O2S. The van der Waals surface area contributed by atoms with E-state index < -0.39 is 10.0 Å². The molecule has 2 N–H and O–H groups in total. The summed E-state index contributed by atoms with van der Waals surface area (Å²) in [6, 6.07) is 0.491. The molecule has 2 unspecified atom stereocenters. The van der Waals surface area contributed by atoms with Gasteiger partial charge < -0.3 is 10.2 Å². The van der Waals surface area contributed by atoms with Crippen LogP contribution in [0.5, 0.6) is 0 Å². The summed E-state index contributed by atoms with van der Waals surface area (Å²) in [6.07, 6.45) is 2.36. The van der Waals surface area contributed by atoms with E-state index in [0.29, 0.717) is 19.1 Å². The molecule has 102 valence electrons. The van der Waals surface area contributed by atoms with Crippen LogP contribution in [0.4, 0.5) is 0 Å². The molecule has 0 bridgehead atoms. The Bertz CT molecular complexity index is 326. The Kier molecular flexibility index (Phi) is 5.37. The number of rotatable bonds is 8. The van der Waals surface area contributed by atoms with Gasteiger partial charge in [0.1, 0.15) is 0 Å². The molecular weight excluding hydrogens is 238 g/mol. The summed E-state index contributed by atoms with van der Waals surface area (Å²) in [5, 5.41) is 2.87. The predicted molar refractivity (Wildman–Crippen MR) is 70.6 cm³/mol. The van der Waals surface area contributed by atoms with E-state index in [-0.39, 0.29) is 11.3 Å². The third kappa shape index (κ3) is 5.81. The highest BCUT2D eigenvalue weighted by molar-refractivity contribution is 7.90. The van der Waals surface area contributed by atoms with Gasteiger partial charge in [-0.1, -0.05) is 0 Å². The minimum atomic E-state index is -3.21. The van der Waals surface area contributed by atoms with Gasteiger partial charge >= 0.3 is 0 Å². The highest BCUT2D eigenvalue weighted by Gasteiger charge is 2.26. The molecule has 0 heterocycles. The quantitative estimate of drug-likeness (QED) is 0.647. The third-order valence-corrected chi connectivity index (χ3v) is 4.76. The summed E-state index contributed by atoms with van der Waals surface area (Å²) in [6.45, 7) is 4.88. The normalized spacial score (nSPS) is 20.5. The minimum Gasteiger partial charge on any atom is -0.313 e. The van der Waals surface area contributed by atoms with Gasteiger partial charge in [0.25, 0.3) is 0 Å². The summed E-state index contributed by atoms with van der Waals surface area (Å²) >= 11 is 0. The van der Waals surface area contributed by atoms with E-state index in [4.69, 9.17) is 0 Å². The van der Waals surface area contributed by atoms with Crippen LogP contribution >= 0.6 is 0 Å². The molecule has 0 aromatic rings. The van der Waals surface area contributed by atoms with Gasteiger partial charge in [0, 0.05) is 25.2 Å². The zero-order valence-corrected chi connectivity index (χ0v) is 12.0. The van der Waals surface area contributed by atoms with Crippen molar-refractivity contribution in [3.63, 3.8) is 0 Å². The average molecular weight is 263 g/mol. The molecule has 1 aliphatic rings. The summed E-state index contributed by atoms with van der Waals surface area (Å²) in [4.78, 5) is 1.97. The van der Waals surface area contributed by atoms with Gasteiger partial charge in [0.2, 0.25) is 10.0 Å². The van der Waals surface area contributed by atoms with Crippen LogP contribution in [-0.2, 0) is 10.0 Å². The summed E-state index contributed by atoms with van der Waals surface area (Å²) in [5.41, 5.74) is 0. The maximum Gasteiger partial charge on any atom is 0.215 e. The van der Waals surface area contributed by atoms with Crippen molar-refractivity contribution in [1.82, 2.24) is 14.9 Å². The highest BCUT2D eigenvalue weighted by Crippen LogP contribution is 2.18. The summed E-state index contributed by atoms with van der Waals surface area (Å²) in [7, 11) is 0.655. The fourth-order valence-electron chi connectivity index (χ4n) is 1.71. The van der Waals surface area contributed by atoms with E-state index in [9.17, 15) is 8.42 Å². The molecule has 1 aliphatic carbocycles. The number of nitrogens with one attached hydrogen (secondary N) is 2. The molecule has 0 spiro atoms. The Hall–Kier alpha value is -0.170. The zero-order valence-electron chi connectivity index (χ0n) is 11.2. The fourth-order valence-corrected chi connectivity index (χ4v) is 2.89. The molecule has 17 heavy (non-hydrogen) atoms. The van der Waals surface area contributed by atoms with Crippen LogP contribution in [0.1, 0.15) is 26.7 Å².